The molecule has 14 heavy (non-hydrogen) atoms. The highest BCUT2D eigenvalue weighted by atomic mass is 127. The Balaban J connectivity index is 3.53. The largest absolute Gasteiger partial charge is 0.398 e. The van der Waals surface area contributed by atoms with E-state index in [4.69, 9.17) is 12.2 Å². The highest BCUT2D eigenvalue weighted by Gasteiger charge is 2.12. The normalized spacial score (nSPS) is 9.93. The van der Waals surface area contributed by atoms with Crippen LogP contribution in [-0.4, -0.2) is 0 Å². The lowest BCUT2D eigenvalue weighted by Gasteiger charge is -2.15. The summed E-state index contributed by atoms with van der Waals surface area (Å²) >= 11 is 2.33. The smallest absolute Gasteiger partial charge is 0.0387 e. The second kappa shape index (κ2) is 4.22. The van der Waals surface area contributed by atoms with Gasteiger partial charge in [-0.25, -0.2) is 0 Å². The van der Waals surface area contributed by atoms with E-state index in [1.807, 2.05) is 6.92 Å². The van der Waals surface area contributed by atoms with Crippen molar-refractivity contribution in [3.63, 3.8) is 0 Å². The number of nitrogen functional groups attached to an aromatic ring is 1. The molecule has 2 N–H and O–H groups in total. The van der Waals surface area contributed by atoms with Crippen LogP contribution >= 0.6 is 22.6 Å². The van der Waals surface area contributed by atoms with Gasteiger partial charge < -0.3 is 5.73 Å². The molecule has 0 aliphatic heterocycles. The molecule has 0 aliphatic rings. The Labute approximate surface area is 99.2 Å². The lowest BCUT2D eigenvalue weighted by Crippen LogP contribution is -2.04. The second-order valence-corrected chi connectivity index (χ2v) is 4.54. The molecule has 1 rings (SSSR count). The van der Waals surface area contributed by atoms with Gasteiger partial charge in [0.05, 0.1) is 0 Å². The Morgan fingerprint density at radius 2 is 1.79 bits per heavy atom. The molecule has 2 heteroatoms. The van der Waals surface area contributed by atoms with Gasteiger partial charge in [-0.15, -0.1) is 12.3 Å². The van der Waals surface area contributed by atoms with Crippen LogP contribution in [0.2, 0.25) is 0 Å². The van der Waals surface area contributed by atoms with Gasteiger partial charge in [0.1, 0.15) is 0 Å². The van der Waals surface area contributed by atoms with Crippen LogP contribution in [0.3, 0.4) is 0 Å². The summed E-state index contributed by atoms with van der Waals surface area (Å²) in [6.07, 6.45) is 6.01. The number of hydrogen-bond acceptors (Lipinski definition) is 1. The molecule has 0 atom stereocenters. The third-order valence-electron chi connectivity index (χ3n) is 2.65. The van der Waals surface area contributed by atoms with Gasteiger partial charge in [-0.3, -0.25) is 0 Å². The molecule has 0 aliphatic carbocycles. The zero-order valence-corrected chi connectivity index (χ0v) is 10.9. The number of terminal acetylenes is 1. The first-order valence-electron chi connectivity index (χ1n) is 4.47. The van der Waals surface area contributed by atoms with Gasteiger partial charge in [0.2, 0.25) is 0 Å². The van der Waals surface area contributed by atoms with Crippen molar-refractivity contribution in [3.05, 3.63) is 25.8 Å². The van der Waals surface area contributed by atoms with Gasteiger partial charge in [-0.1, -0.05) is 0 Å². The Hall–Kier alpha value is -0.690. The van der Waals surface area contributed by atoms with Crippen LogP contribution in [0, 0.1) is 36.7 Å². The highest BCUT2D eigenvalue weighted by molar-refractivity contribution is 14.1. The van der Waals surface area contributed by atoms with Gasteiger partial charge >= 0.3 is 0 Å². The van der Waals surface area contributed by atoms with E-state index in [0.717, 1.165) is 11.3 Å². The summed E-state index contributed by atoms with van der Waals surface area (Å²) in [6, 6.07) is 0. The van der Waals surface area contributed by atoms with Crippen molar-refractivity contribution in [1.82, 2.24) is 0 Å². The zero-order valence-electron chi connectivity index (χ0n) is 8.74. The molecule has 0 saturated carbocycles. The minimum Gasteiger partial charge on any atom is -0.398 e. The minimum atomic E-state index is 0.665. The van der Waals surface area contributed by atoms with Crippen LogP contribution in [0.1, 0.15) is 22.3 Å². The molecule has 1 nitrogen and oxygen atoms in total. The van der Waals surface area contributed by atoms with Crippen molar-refractivity contribution in [2.24, 2.45) is 0 Å². The lowest BCUT2D eigenvalue weighted by atomic mass is 9.95. The number of nitrogens with two attached hydrogens (primary N) is 1. The summed E-state index contributed by atoms with van der Waals surface area (Å²) in [7, 11) is 0. The monoisotopic (exact) mass is 299 g/mol. The molecule has 1 aromatic rings. The predicted molar refractivity (Wildman–Crippen MR) is 70.3 cm³/mol. The summed E-state index contributed by atoms with van der Waals surface area (Å²) < 4.78 is 1.23. The summed E-state index contributed by atoms with van der Waals surface area (Å²) in [5.74, 6) is 2.68. The SMILES string of the molecule is C#CCc1c(C)c(N)c(C)c(I)c1C. The van der Waals surface area contributed by atoms with Crippen LogP contribution in [-0.2, 0) is 6.42 Å². The van der Waals surface area contributed by atoms with Gasteiger partial charge in [-0.2, -0.15) is 0 Å². The van der Waals surface area contributed by atoms with Crippen molar-refractivity contribution >= 4 is 28.3 Å². The summed E-state index contributed by atoms with van der Waals surface area (Å²) in [4.78, 5) is 0. The van der Waals surface area contributed by atoms with Crippen LogP contribution in [0.15, 0.2) is 0 Å². The average Bonchev–Trinajstić information content (AvgIpc) is 2.19. The Morgan fingerprint density at radius 1 is 1.21 bits per heavy atom. The molecule has 1 aromatic carbocycles. The van der Waals surface area contributed by atoms with Crippen LogP contribution in [0.25, 0.3) is 0 Å². The standard InChI is InChI=1S/C12H14IN/c1-5-6-10-7(2)11(13)9(4)12(14)8(10)3/h1H,6,14H2,2-4H3. The maximum Gasteiger partial charge on any atom is 0.0387 e. The van der Waals surface area contributed by atoms with E-state index < -0.39 is 0 Å². The van der Waals surface area contributed by atoms with E-state index in [0.29, 0.717) is 6.42 Å². The molecule has 0 spiro atoms. The zero-order chi connectivity index (χ0) is 10.9. The third-order valence-corrected chi connectivity index (χ3v) is 4.27. The van der Waals surface area contributed by atoms with Crippen molar-refractivity contribution < 1.29 is 0 Å². The van der Waals surface area contributed by atoms with E-state index >= 15 is 0 Å². The second-order valence-electron chi connectivity index (χ2n) is 3.46. The first-order chi connectivity index (χ1) is 6.50. The summed E-state index contributed by atoms with van der Waals surface area (Å²) in [6.45, 7) is 6.20. The average molecular weight is 299 g/mol. The molecule has 0 bridgehead atoms. The van der Waals surface area contributed by atoms with Crippen LogP contribution < -0.4 is 5.73 Å². The molecule has 0 radical (unpaired) electrons. The van der Waals surface area contributed by atoms with E-state index in [1.165, 1.54) is 20.3 Å². The number of anilines is 1. The van der Waals surface area contributed by atoms with Gasteiger partial charge in [0.15, 0.2) is 0 Å². The summed E-state index contributed by atoms with van der Waals surface area (Å²) in [5.41, 5.74) is 11.7. The Morgan fingerprint density at radius 3 is 2.29 bits per heavy atom. The molecule has 74 valence electrons. The van der Waals surface area contributed by atoms with Crippen molar-refractivity contribution in [3.8, 4) is 12.3 Å². The molecule has 0 aromatic heterocycles. The van der Waals surface area contributed by atoms with Crippen molar-refractivity contribution in [1.29, 1.82) is 0 Å². The maximum absolute atomic E-state index is 6.01. The molecule has 0 amide bonds. The quantitative estimate of drug-likeness (QED) is 0.481. The van der Waals surface area contributed by atoms with Crippen LogP contribution in [0.5, 0.6) is 0 Å². The molecular weight excluding hydrogens is 285 g/mol. The minimum absolute atomic E-state index is 0.665. The first kappa shape index (κ1) is 11.4. The summed E-state index contributed by atoms with van der Waals surface area (Å²) in [5, 5.41) is 0. The number of rotatable bonds is 1. The van der Waals surface area contributed by atoms with Gasteiger partial charge in [-0.05, 0) is 65.6 Å². The van der Waals surface area contributed by atoms with Gasteiger partial charge in [0.25, 0.3) is 0 Å². The number of benzene rings is 1. The van der Waals surface area contributed by atoms with E-state index in [9.17, 15) is 0 Å². The molecule has 0 heterocycles. The lowest BCUT2D eigenvalue weighted by molar-refractivity contribution is 1.16. The molecule has 0 saturated heterocycles. The highest BCUT2D eigenvalue weighted by Crippen LogP contribution is 2.30. The van der Waals surface area contributed by atoms with Gasteiger partial charge in [0, 0.05) is 15.7 Å². The maximum atomic E-state index is 6.01. The Bertz CT molecular complexity index is 384. The van der Waals surface area contributed by atoms with Crippen LogP contribution in [0.4, 0.5) is 5.69 Å². The molecular formula is C12H14IN. The molecule has 0 fully saturated rings. The Kier molecular flexibility index (Phi) is 3.43. The third kappa shape index (κ3) is 1.74. The molecule has 0 unspecified atom stereocenters. The van der Waals surface area contributed by atoms with E-state index in [2.05, 4.69) is 42.4 Å². The topological polar surface area (TPSA) is 26.0 Å². The fourth-order valence-corrected chi connectivity index (χ4v) is 2.24. The van der Waals surface area contributed by atoms with E-state index in [1.54, 1.807) is 0 Å². The first-order valence-corrected chi connectivity index (χ1v) is 5.55. The fraction of sp³-hybridized carbons (Fsp3) is 0.333. The number of hydrogen-bond donors (Lipinski definition) is 1. The van der Waals surface area contributed by atoms with Crippen molar-refractivity contribution in [2.45, 2.75) is 27.2 Å². The van der Waals surface area contributed by atoms with E-state index in [-0.39, 0.29) is 0 Å². The number of halogens is 1. The fourth-order valence-electron chi connectivity index (χ4n) is 1.62. The predicted octanol–water partition coefficient (Wildman–Crippen LogP) is 2.97. The van der Waals surface area contributed by atoms with Crippen molar-refractivity contribution in [2.75, 3.05) is 5.73 Å².